The van der Waals surface area contributed by atoms with Crippen LogP contribution in [0.15, 0.2) is 0 Å². The van der Waals surface area contributed by atoms with Gasteiger partial charge in [0.1, 0.15) is 5.92 Å². The van der Waals surface area contributed by atoms with Crippen molar-refractivity contribution in [1.29, 1.82) is 0 Å². The Kier molecular flexibility index (Phi) is 5.61. The summed E-state index contributed by atoms with van der Waals surface area (Å²) < 4.78 is 4.96. The Hall–Kier alpha value is -1.10. The van der Waals surface area contributed by atoms with Crippen molar-refractivity contribution in [3.63, 3.8) is 0 Å². The highest BCUT2D eigenvalue weighted by Gasteiger charge is 2.40. The van der Waals surface area contributed by atoms with E-state index in [2.05, 4.69) is 0 Å². The van der Waals surface area contributed by atoms with Crippen molar-refractivity contribution in [3.8, 4) is 0 Å². The van der Waals surface area contributed by atoms with Gasteiger partial charge in [-0.25, -0.2) is 0 Å². The summed E-state index contributed by atoms with van der Waals surface area (Å²) in [5.41, 5.74) is -0.607. The number of carbonyl (C=O) groups is 2. The van der Waals surface area contributed by atoms with Crippen molar-refractivity contribution in [2.45, 2.75) is 33.7 Å². The first-order chi connectivity index (χ1) is 7.62. The molecule has 2 atom stereocenters. The van der Waals surface area contributed by atoms with Gasteiger partial charge in [0.25, 0.3) is 0 Å². The summed E-state index contributed by atoms with van der Waals surface area (Å²) in [5, 5.41) is 9.16. The van der Waals surface area contributed by atoms with Crippen LogP contribution in [-0.2, 0) is 14.3 Å². The summed E-state index contributed by atoms with van der Waals surface area (Å²) >= 11 is 0. The molecule has 0 bridgehead atoms. The topological polar surface area (TPSA) is 66.8 Å². The molecule has 0 spiro atoms. The molecule has 0 aliphatic heterocycles. The number of carboxylic acids is 1. The molecule has 0 saturated carbocycles. The van der Waals surface area contributed by atoms with E-state index in [1.807, 2.05) is 6.92 Å². The second-order valence-electron chi connectivity index (χ2n) is 5.39. The van der Waals surface area contributed by atoms with E-state index in [1.54, 1.807) is 34.9 Å². The van der Waals surface area contributed by atoms with Crippen LogP contribution in [-0.4, -0.2) is 48.7 Å². The van der Waals surface area contributed by atoms with Gasteiger partial charge < -0.3 is 14.7 Å². The van der Waals surface area contributed by atoms with Gasteiger partial charge in [-0.2, -0.15) is 0 Å². The number of carboxylic acid groups (broad SMARTS) is 1. The molecule has 0 aromatic heterocycles. The van der Waals surface area contributed by atoms with Crippen LogP contribution < -0.4 is 0 Å². The summed E-state index contributed by atoms with van der Waals surface area (Å²) in [4.78, 5) is 24.8. The minimum absolute atomic E-state index is 0.142. The van der Waals surface area contributed by atoms with Crippen LogP contribution in [0.4, 0.5) is 0 Å². The van der Waals surface area contributed by atoms with Crippen molar-refractivity contribution < 1.29 is 19.4 Å². The number of hydrogen-bond donors (Lipinski definition) is 1. The number of nitrogens with zero attached hydrogens (tertiary/aromatic N) is 1. The Morgan fingerprint density at radius 1 is 1.35 bits per heavy atom. The fourth-order valence-corrected chi connectivity index (χ4v) is 1.62. The average Bonchev–Trinajstić information content (AvgIpc) is 2.13. The largest absolute Gasteiger partial charge is 0.481 e. The Morgan fingerprint density at radius 2 is 1.82 bits per heavy atom. The SMILES string of the molecule is COCC(C)N(C)C(=O)C(C(=O)O)C(C)(C)C. The summed E-state index contributed by atoms with van der Waals surface area (Å²) in [6, 6.07) is -0.142. The van der Waals surface area contributed by atoms with Crippen LogP contribution in [0, 0.1) is 11.3 Å². The maximum absolute atomic E-state index is 12.1. The van der Waals surface area contributed by atoms with Gasteiger partial charge in [0.15, 0.2) is 0 Å². The highest BCUT2D eigenvalue weighted by atomic mass is 16.5. The fraction of sp³-hybridized carbons (Fsp3) is 0.833. The lowest BCUT2D eigenvalue weighted by atomic mass is 9.79. The first kappa shape index (κ1) is 15.9. The van der Waals surface area contributed by atoms with Gasteiger partial charge in [-0.1, -0.05) is 20.8 Å². The van der Waals surface area contributed by atoms with Crippen molar-refractivity contribution >= 4 is 11.9 Å². The quantitative estimate of drug-likeness (QED) is 0.740. The number of rotatable bonds is 5. The smallest absolute Gasteiger partial charge is 0.316 e. The molecule has 0 fully saturated rings. The Balaban J connectivity index is 4.92. The van der Waals surface area contributed by atoms with Crippen molar-refractivity contribution in [2.75, 3.05) is 20.8 Å². The molecule has 2 unspecified atom stereocenters. The predicted octanol–water partition coefficient (Wildman–Crippen LogP) is 1.23. The zero-order valence-electron chi connectivity index (χ0n) is 11.5. The van der Waals surface area contributed by atoms with Crippen molar-refractivity contribution in [1.82, 2.24) is 4.90 Å². The number of ether oxygens (including phenoxy) is 1. The second-order valence-corrected chi connectivity index (χ2v) is 5.39. The van der Waals surface area contributed by atoms with E-state index in [0.717, 1.165) is 0 Å². The monoisotopic (exact) mass is 245 g/mol. The maximum Gasteiger partial charge on any atom is 0.316 e. The van der Waals surface area contributed by atoms with Crippen LogP contribution in [0.2, 0.25) is 0 Å². The highest BCUT2D eigenvalue weighted by Crippen LogP contribution is 2.28. The zero-order chi connectivity index (χ0) is 13.8. The van der Waals surface area contributed by atoms with Crippen molar-refractivity contribution in [3.05, 3.63) is 0 Å². The lowest BCUT2D eigenvalue weighted by Crippen LogP contribution is -2.47. The number of carbonyl (C=O) groups excluding carboxylic acids is 1. The molecule has 17 heavy (non-hydrogen) atoms. The van der Waals surface area contributed by atoms with Crippen LogP contribution in [0.1, 0.15) is 27.7 Å². The minimum atomic E-state index is -1.08. The van der Waals surface area contributed by atoms with E-state index in [1.165, 1.54) is 4.90 Å². The fourth-order valence-electron chi connectivity index (χ4n) is 1.62. The summed E-state index contributed by atoms with van der Waals surface area (Å²) in [7, 11) is 3.15. The molecule has 0 rings (SSSR count). The Labute approximate surface area is 103 Å². The molecule has 0 aliphatic rings. The molecule has 0 aliphatic carbocycles. The third-order valence-corrected chi connectivity index (χ3v) is 2.78. The van der Waals surface area contributed by atoms with Gasteiger partial charge >= 0.3 is 5.97 Å². The molecule has 1 amide bonds. The number of aliphatic carboxylic acids is 1. The van der Waals surface area contributed by atoms with Gasteiger partial charge in [0.2, 0.25) is 5.91 Å². The molecule has 0 aromatic carbocycles. The molecule has 1 N–H and O–H groups in total. The summed E-state index contributed by atoms with van der Waals surface area (Å²) in [6.45, 7) is 7.46. The van der Waals surface area contributed by atoms with E-state index in [-0.39, 0.29) is 11.9 Å². The van der Waals surface area contributed by atoms with Crippen molar-refractivity contribution in [2.24, 2.45) is 11.3 Å². The molecule has 0 aromatic rings. The molecule has 0 radical (unpaired) electrons. The van der Waals surface area contributed by atoms with Gasteiger partial charge in [-0.3, -0.25) is 9.59 Å². The van der Waals surface area contributed by atoms with E-state index in [4.69, 9.17) is 9.84 Å². The maximum atomic E-state index is 12.1. The van der Waals surface area contributed by atoms with E-state index < -0.39 is 17.3 Å². The van der Waals surface area contributed by atoms with Crippen LogP contribution in [0.25, 0.3) is 0 Å². The lowest BCUT2D eigenvalue weighted by molar-refractivity contribution is -0.156. The molecule has 5 heteroatoms. The highest BCUT2D eigenvalue weighted by molar-refractivity contribution is 5.97. The summed E-state index contributed by atoms with van der Waals surface area (Å²) in [6.07, 6.45) is 0. The van der Waals surface area contributed by atoms with E-state index in [9.17, 15) is 9.59 Å². The Bertz CT molecular complexity index is 283. The second kappa shape index (κ2) is 6.00. The predicted molar refractivity (Wildman–Crippen MR) is 64.7 cm³/mol. The van der Waals surface area contributed by atoms with Gasteiger partial charge in [-0.15, -0.1) is 0 Å². The molecule has 100 valence electrons. The van der Waals surface area contributed by atoms with E-state index in [0.29, 0.717) is 6.61 Å². The molecular weight excluding hydrogens is 222 g/mol. The normalized spacial score (nSPS) is 15.2. The van der Waals surface area contributed by atoms with Gasteiger partial charge in [0, 0.05) is 14.2 Å². The minimum Gasteiger partial charge on any atom is -0.481 e. The van der Waals surface area contributed by atoms with E-state index >= 15 is 0 Å². The molecule has 5 nitrogen and oxygen atoms in total. The third kappa shape index (κ3) is 4.34. The zero-order valence-corrected chi connectivity index (χ0v) is 11.5. The molecular formula is C12H23NO4. The third-order valence-electron chi connectivity index (χ3n) is 2.78. The Morgan fingerprint density at radius 3 is 2.12 bits per heavy atom. The van der Waals surface area contributed by atoms with Crippen LogP contribution in [0.5, 0.6) is 0 Å². The van der Waals surface area contributed by atoms with Crippen LogP contribution >= 0.6 is 0 Å². The van der Waals surface area contributed by atoms with Crippen LogP contribution in [0.3, 0.4) is 0 Å². The summed E-state index contributed by atoms with van der Waals surface area (Å²) in [5.74, 6) is -2.50. The first-order valence-electron chi connectivity index (χ1n) is 5.61. The standard InChI is InChI=1S/C12H23NO4/c1-8(7-17-6)13(5)10(14)9(11(15)16)12(2,3)4/h8-9H,7H2,1-6H3,(H,15,16). The lowest BCUT2D eigenvalue weighted by Gasteiger charge is -2.32. The van der Waals surface area contributed by atoms with Gasteiger partial charge in [-0.05, 0) is 12.3 Å². The first-order valence-corrected chi connectivity index (χ1v) is 5.61. The van der Waals surface area contributed by atoms with Gasteiger partial charge in [0.05, 0.1) is 12.6 Å². The number of amides is 1. The average molecular weight is 245 g/mol. The number of methoxy groups -OCH3 is 1. The molecule has 0 heterocycles. The number of hydrogen-bond acceptors (Lipinski definition) is 3. The molecule has 0 saturated heterocycles. The number of likely N-dealkylation sites (N-methyl/N-ethyl adjacent to an activating group) is 1.